The van der Waals surface area contributed by atoms with Crippen LogP contribution in [0.5, 0.6) is 11.5 Å². The van der Waals surface area contributed by atoms with E-state index in [2.05, 4.69) is 4.90 Å². The number of hydrogen-bond acceptors (Lipinski definition) is 5. The fourth-order valence-electron chi connectivity index (χ4n) is 4.92. The topological polar surface area (TPSA) is 53.0 Å². The zero-order valence-corrected chi connectivity index (χ0v) is 21.1. The third-order valence-electron chi connectivity index (χ3n) is 6.84. The predicted molar refractivity (Wildman–Crippen MR) is 138 cm³/mol. The van der Waals surface area contributed by atoms with Crippen molar-refractivity contribution in [2.24, 2.45) is 5.92 Å². The van der Waals surface area contributed by atoms with E-state index >= 15 is 0 Å². The predicted octanol–water partition coefficient (Wildman–Crippen LogP) is 5.59. The van der Waals surface area contributed by atoms with Crippen LogP contribution in [0.15, 0.2) is 60.0 Å². The highest BCUT2D eigenvalue weighted by Gasteiger charge is 2.32. The number of piperidine rings is 1. The van der Waals surface area contributed by atoms with Crippen molar-refractivity contribution >= 4 is 17.2 Å². The lowest BCUT2D eigenvalue weighted by Gasteiger charge is -2.40. The maximum Gasteiger partial charge on any atom is 0.263 e. The van der Waals surface area contributed by atoms with Crippen molar-refractivity contribution in [1.29, 1.82) is 0 Å². The molecular weight excluding hydrogens is 463 g/mol. The van der Waals surface area contributed by atoms with Crippen molar-refractivity contribution < 1.29 is 19.0 Å². The summed E-state index contributed by atoms with van der Waals surface area (Å²) >= 11 is 1.44. The Hall–Kier alpha value is -2.90. The van der Waals surface area contributed by atoms with Gasteiger partial charge in [0.05, 0.1) is 11.5 Å². The fraction of sp³-hybridized carbons (Fsp3) is 0.393. The van der Waals surface area contributed by atoms with Crippen molar-refractivity contribution in [3.05, 3.63) is 81.8 Å². The molecule has 0 spiro atoms. The number of carbonyl (C=O) groups is 1. The van der Waals surface area contributed by atoms with Crippen molar-refractivity contribution in [3.63, 3.8) is 0 Å². The molecule has 35 heavy (non-hydrogen) atoms. The first-order chi connectivity index (χ1) is 17.0. The maximum absolute atomic E-state index is 14.5. The molecule has 1 fully saturated rings. The van der Waals surface area contributed by atoms with Gasteiger partial charge in [-0.05, 0) is 86.0 Å². The number of nitrogens with zero attached hydrogens (tertiary/aromatic N) is 2. The second kappa shape index (κ2) is 11.7. The second-order valence-corrected chi connectivity index (χ2v) is 10.1. The number of halogens is 1. The molecule has 186 valence electrons. The molecule has 4 rings (SSSR count). The molecule has 1 saturated heterocycles. The number of aromatic hydroxyl groups is 1. The van der Waals surface area contributed by atoms with E-state index in [1.165, 1.54) is 17.4 Å². The van der Waals surface area contributed by atoms with Crippen LogP contribution in [-0.4, -0.2) is 53.6 Å². The van der Waals surface area contributed by atoms with Gasteiger partial charge in [-0.1, -0.05) is 30.3 Å². The first-order valence-corrected chi connectivity index (χ1v) is 13.0. The molecular formula is C28H33FN2O3S. The summed E-state index contributed by atoms with van der Waals surface area (Å²) in [6.07, 6.45) is 2.36. The minimum Gasteiger partial charge on any atom is -0.504 e. The van der Waals surface area contributed by atoms with Gasteiger partial charge in [0, 0.05) is 19.6 Å². The van der Waals surface area contributed by atoms with Gasteiger partial charge in [0.1, 0.15) is 5.82 Å². The van der Waals surface area contributed by atoms with E-state index in [1.54, 1.807) is 12.1 Å². The van der Waals surface area contributed by atoms with E-state index in [1.807, 2.05) is 60.6 Å². The molecule has 0 saturated carbocycles. The molecule has 5 nitrogen and oxygen atoms in total. The Morgan fingerprint density at radius 1 is 1.20 bits per heavy atom. The molecule has 1 aromatic heterocycles. The Labute approximate surface area is 210 Å². The summed E-state index contributed by atoms with van der Waals surface area (Å²) in [7, 11) is 1.85. The normalized spacial score (nSPS) is 15.6. The van der Waals surface area contributed by atoms with Gasteiger partial charge in [0.25, 0.3) is 5.91 Å². The largest absolute Gasteiger partial charge is 0.504 e. The van der Waals surface area contributed by atoms with Crippen LogP contribution in [-0.2, 0) is 13.0 Å². The monoisotopic (exact) mass is 496 g/mol. The number of ether oxygens (including phenoxy) is 1. The SMILES string of the molecule is CCOc1cc(CN2CCC(C(Cc3ccccc3F)N(C)C(=O)c3cccs3)CC2)ccc1O. The number of amides is 1. The van der Waals surface area contributed by atoms with Crippen molar-refractivity contribution in [2.75, 3.05) is 26.7 Å². The number of thiophene rings is 1. The summed E-state index contributed by atoms with van der Waals surface area (Å²) in [6.45, 7) is 4.96. The Morgan fingerprint density at radius 3 is 2.66 bits per heavy atom. The van der Waals surface area contributed by atoms with Gasteiger partial charge in [-0.25, -0.2) is 4.39 Å². The molecule has 0 bridgehead atoms. The second-order valence-electron chi connectivity index (χ2n) is 9.10. The van der Waals surface area contributed by atoms with Crippen LogP contribution in [0.4, 0.5) is 4.39 Å². The standard InChI is InChI=1S/C28H33FN2O3S/c1-3-34-26-17-20(10-11-25(26)32)19-31-14-12-21(13-15-31)24(18-22-7-4-5-8-23(22)29)30(2)28(33)27-9-6-16-35-27/h4-11,16-17,21,24,32H,3,12-15,18-19H2,1-2H3. The van der Waals surface area contributed by atoms with Gasteiger partial charge in [-0.15, -0.1) is 11.3 Å². The summed E-state index contributed by atoms with van der Waals surface area (Å²) < 4.78 is 20.1. The van der Waals surface area contributed by atoms with E-state index in [0.717, 1.165) is 38.0 Å². The van der Waals surface area contributed by atoms with Crippen LogP contribution < -0.4 is 4.74 Å². The van der Waals surface area contributed by atoms with Crippen LogP contribution in [0.25, 0.3) is 0 Å². The molecule has 1 atom stereocenters. The minimum atomic E-state index is -0.218. The summed E-state index contributed by atoms with van der Waals surface area (Å²) in [5.74, 6) is 0.724. The average molecular weight is 497 g/mol. The number of hydrogen-bond donors (Lipinski definition) is 1. The minimum absolute atomic E-state index is 0.00341. The van der Waals surface area contributed by atoms with Gasteiger partial charge < -0.3 is 14.7 Å². The number of benzene rings is 2. The molecule has 1 aliphatic rings. The van der Waals surface area contributed by atoms with Crippen LogP contribution in [0.2, 0.25) is 0 Å². The summed E-state index contributed by atoms with van der Waals surface area (Å²) in [4.78, 5) is 18.1. The average Bonchev–Trinajstić information content (AvgIpc) is 3.41. The number of rotatable bonds is 9. The lowest BCUT2D eigenvalue weighted by atomic mass is 9.84. The summed E-state index contributed by atoms with van der Waals surface area (Å²) in [5.41, 5.74) is 1.75. The van der Waals surface area contributed by atoms with Crippen molar-refractivity contribution in [2.45, 2.75) is 38.8 Å². The Bertz CT molecular complexity index is 1110. The molecule has 0 radical (unpaired) electrons. The zero-order valence-electron chi connectivity index (χ0n) is 20.3. The lowest BCUT2D eigenvalue weighted by molar-refractivity contribution is 0.0588. The molecule has 2 aromatic carbocycles. The van der Waals surface area contributed by atoms with Crippen LogP contribution in [0.3, 0.4) is 0 Å². The highest BCUT2D eigenvalue weighted by atomic mass is 32.1. The third-order valence-corrected chi connectivity index (χ3v) is 7.70. The van der Waals surface area contributed by atoms with Crippen LogP contribution in [0.1, 0.15) is 40.6 Å². The molecule has 1 unspecified atom stereocenters. The van der Waals surface area contributed by atoms with Gasteiger partial charge in [0.2, 0.25) is 0 Å². The smallest absolute Gasteiger partial charge is 0.263 e. The number of phenols is 1. The molecule has 2 heterocycles. The quantitative estimate of drug-likeness (QED) is 0.420. The van der Waals surface area contributed by atoms with E-state index in [4.69, 9.17) is 4.74 Å². The lowest BCUT2D eigenvalue weighted by Crippen LogP contribution is -2.47. The Morgan fingerprint density at radius 2 is 1.97 bits per heavy atom. The molecule has 1 N–H and O–H groups in total. The fourth-order valence-corrected chi connectivity index (χ4v) is 5.62. The maximum atomic E-state index is 14.5. The number of carbonyl (C=O) groups excluding carboxylic acids is 1. The first-order valence-electron chi connectivity index (χ1n) is 12.2. The number of likely N-dealkylation sites (N-methyl/N-ethyl adjacent to an activating group) is 1. The Kier molecular flexibility index (Phi) is 8.42. The molecule has 1 amide bonds. The van der Waals surface area contributed by atoms with Crippen LogP contribution in [0, 0.1) is 11.7 Å². The third kappa shape index (κ3) is 6.21. The van der Waals surface area contributed by atoms with Crippen LogP contribution >= 0.6 is 11.3 Å². The van der Waals surface area contributed by atoms with Crippen molar-refractivity contribution in [1.82, 2.24) is 9.80 Å². The van der Waals surface area contributed by atoms with Crippen molar-refractivity contribution in [3.8, 4) is 11.5 Å². The van der Waals surface area contributed by atoms with E-state index < -0.39 is 0 Å². The number of likely N-dealkylation sites (tertiary alicyclic amines) is 1. The van der Waals surface area contributed by atoms with E-state index in [0.29, 0.717) is 29.2 Å². The first kappa shape index (κ1) is 25.2. The van der Waals surface area contributed by atoms with Gasteiger partial charge >= 0.3 is 0 Å². The van der Waals surface area contributed by atoms with E-state index in [9.17, 15) is 14.3 Å². The molecule has 3 aromatic rings. The summed E-state index contributed by atoms with van der Waals surface area (Å²) in [6, 6.07) is 16.0. The number of phenolic OH excluding ortho intramolecular Hbond substituents is 1. The van der Waals surface area contributed by atoms with Gasteiger partial charge in [-0.2, -0.15) is 0 Å². The van der Waals surface area contributed by atoms with Gasteiger partial charge in [0.15, 0.2) is 11.5 Å². The zero-order chi connectivity index (χ0) is 24.8. The van der Waals surface area contributed by atoms with Gasteiger partial charge in [-0.3, -0.25) is 9.69 Å². The molecule has 1 aliphatic heterocycles. The molecule has 0 aliphatic carbocycles. The summed E-state index contributed by atoms with van der Waals surface area (Å²) in [5, 5.41) is 11.9. The highest BCUT2D eigenvalue weighted by Crippen LogP contribution is 2.31. The molecule has 7 heteroatoms. The highest BCUT2D eigenvalue weighted by molar-refractivity contribution is 7.12. The Balaban J connectivity index is 1.45. The van der Waals surface area contributed by atoms with E-state index in [-0.39, 0.29) is 29.4 Å².